The third-order valence-corrected chi connectivity index (χ3v) is 3.89. The number of aryl methyl sites for hydroxylation is 1. The van der Waals surface area contributed by atoms with Gasteiger partial charge in [0, 0.05) is 18.2 Å². The topological polar surface area (TPSA) is 34.2 Å². The molecule has 0 aliphatic rings. The summed E-state index contributed by atoms with van der Waals surface area (Å²) in [4.78, 5) is 4.57. The monoisotopic (exact) mass is 286 g/mol. The van der Waals surface area contributed by atoms with Crippen LogP contribution in [0, 0.1) is 12.8 Å². The van der Waals surface area contributed by atoms with E-state index in [9.17, 15) is 0 Å². The first-order valence-corrected chi connectivity index (χ1v) is 7.70. The van der Waals surface area contributed by atoms with E-state index in [1.54, 1.807) is 7.11 Å². The van der Waals surface area contributed by atoms with Crippen LogP contribution < -0.4 is 5.32 Å². The van der Waals surface area contributed by atoms with E-state index in [1.165, 1.54) is 10.9 Å². The Labute approximate surface area is 127 Å². The molecule has 2 aromatic rings. The second-order valence-corrected chi connectivity index (χ2v) is 5.88. The highest BCUT2D eigenvalue weighted by Gasteiger charge is 2.25. The van der Waals surface area contributed by atoms with Crippen LogP contribution in [-0.4, -0.2) is 24.7 Å². The Morgan fingerprint density at radius 1 is 1.19 bits per heavy atom. The van der Waals surface area contributed by atoms with Gasteiger partial charge in [-0.05, 0) is 43.1 Å². The summed E-state index contributed by atoms with van der Waals surface area (Å²) in [6.45, 7) is 9.47. The van der Waals surface area contributed by atoms with Crippen molar-refractivity contribution in [3.63, 3.8) is 0 Å². The van der Waals surface area contributed by atoms with Crippen molar-refractivity contribution in [1.82, 2.24) is 10.3 Å². The standard InChI is InChI=1S/C18H26N2O/c1-6-19-17(18(21-5)12(2)3)15-9-10-16-14(11-15)8-7-13(4)20-16/h7-12,17-19H,6H2,1-5H3. The van der Waals surface area contributed by atoms with Gasteiger partial charge in [0.15, 0.2) is 0 Å². The molecule has 0 amide bonds. The van der Waals surface area contributed by atoms with Crippen LogP contribution in [0.1, 0.15) is 38.1 Å². The fourth-order valence-corrected chi connectivity index (χ4v) is 2.88. The highest BCUT2D eigenvalue weighted by atomic mass is 16.5. The fraction of sp³-hybridized carbons (Fsp3) is 0.500. The second-order valence-electron chi connectivity index (χ2n) is 5.88. The fourth-order valence-electron chi connectivity index (χ4n) is 2.88. The zero-order chi connectivity index (χ0) is 15.4. The molecule has 2 unspecified atom stereocenters. The first-order valence-electron chi connectivity index (χ1n) is 7.70. The van der Waals surface area contributed by atoms with E-state index in [-0.39, 0.29) is 12.1 Å². The number of likely N-dealkylation sites (N-methyl/N-ethyl adjacent to an activating group) is 1. The van der Waals surface area contributed by atoms with Crippen molar-refractivity contribution in [2.75, 3.05) is 13.7 Å². The Bertz CT molecular complexity index is 595. The molecule has 114 valence electrons. The molecule has 1 N–H and O–H groups in total. The average molecular weight is 286 g/mol. The number of benzene rings is 1. The third-order valence-electron chi connectivity index (χ3n) is 3.89. The molecule has 1 aromatic carbocycles. The maximum atomic E-state index is 5.73. The second kappa shape index (κ2) is 7.01. The number of rotatable bonds is 6. The maximum absolute atomic E-state index is 5.73. The van der Waals surface area contributed by atoms with Gasteiger partial charge in [0.05, 0.1) is 17.7 Å². The average Bonchev–Trinajstić information content (AvgIpc) is 2.46. The molecule has 21 heavy (non-hydrogen) atoms. The molecule has 2 rings (SSSR count). The van der Waals surface area contributed by atoms with Gasteiger partial charge in [-0.1, -0.05) is 32.9 Å². The van der Waals surface area contributed by atoms with E-state index < -0.39 is 0 Å². The number of nitrogens with one attached hydrogen (secondary N) is 1. The molecular formula is C18H26N2O. The molecule has 1 heterocycles. The largest absolute Gasteiger partial charge is 0.379 e. The van der Waals surface area contributed by atoms with Gasteiger partial charge in [0.1, 0.15) is 0 Å². The zero-order valence-electron chi connectivity index (χ0n) is 13.7. The summed E-state index contributed by atoms with van der Waals surface area (Å²) >= 11 is 0. The van der Waals surface area contributed by atoms with Crippen LogP contribution in [0.2, 0.25) is 0 Å². The van der Waals surface area contributed by atoms with E-state index in [0.29, 0.717) is 5.92 Å². The molecule has 0 aliphatic heterocycles. The number of methoxy groups -OCH3 is 1. The van der Waals surface area contributed by atoms with Gasteiger partial charge in [-0.15, -0.1) is 0 Å². The summed E-state index contributed by atoms with van der Waals surface area (Å²) in [6.07, 6.45) is 0.154. The smallest absolute Gasteiger partial charge is 0.0788 e. The maximum Gasteiger partial charge on any atom is 0.0788 e. The Balaban J connectivity index is 2.42. The Morgan fingerprint density at radius 2 is 1.95 bits per heavy atom. The molecule has 3 heteroatoms. The van der Waals surface area contributed by atoms with E-state index >= 15 is 0 Å². The first-order chi connectivity index (χ1) is 10.1. The number of hydrogen-bond acceptors (Lipinski definition) is 3. The molecule has 0 radical (unpaired) electrons. The summed E-state index contributed by atoms with van der Waals surface area (Å²) in [6, 6.07) is 10.9. The molecule has 0 fully saturated rings. The van der Waals surface area contributed by atoms with E-state index in [1.807, 2.05) is 6.92 Å². The highest BCUT2D eigenvalue weighted by molar-refractivity contribution is 5.79. The predicted molar refractivity (Wildman–Crippen MR) is 88.5 cm³/mol. The van der Waals surface area contributed by atoms with Gasteiger partial charge in [0.2, 0.25) is 0 Å². The lowest BCUT2D eigenvalue weighted by atomic mass is 9.92. The molecule has 2 atom stereocenters. The summed E-state index contributed by atoms with van der Waals surface area (Å²) in [5.74, 6) is 0.450. The number of ether oxygens (including phenoxy) is 1. The molecular weight excluding hydrogens is 260 g/mol. The lowest BCUT2D eigenvalue weighted by Gasteiger charge is -2.30. The third kappa shape index (κ3) is 3.60. The Kier molecular flexibility index (Phi) is 5.32. The number of aromatic nitrogens is 1. The number of pyridine rings is 1. The van der Waals surface area contributed by atoms with Crippen molar-refractivity contribution in [2.45, 2.75) is 39.8 Å². The van der Waals surface area contributed by atoms with Crippen LogP contribution in [0.25, 0.3) is 10.9 Å². The zero-order valence-corrected chi connectivity index (χ0v) is 13.7. The molecule has 0 aliphatic carbocycles. The predicted octanol–water partition coefficient (Wildman–Crippen LogP) is 3.86. The van der Waals surface area contributed by atoms with Crippen LogP contribution in [0.5, 0.6) is 0 Å². The van der Waals surface area contributed by atoms with Gasteiger partial charge in [0.25, 0.3) is 0 Å². The van der Waals surface area contributed by atoms with Gasteiger partial charge in [-0.3, -0.25) is 4.98 Å². The number of nitrogens with zero attached hydrogens (tertiary/aromatic N) is 1. The van der Waals surface area contributed by atoms with Gasteiger partial charge >= 0.3 is 0 Å². The lowest BCUT2D eigenvalue weighted by molar-refractivity contribution is 0.0331. The van der Waals surface area contributed by atoms with E-state index in [0.717, 1.165) is 17.8 Å². The summed E-state index contributed by atoms with van der Waals surface area (Å²) in [7, 11) is 1.79. The van der Waals surface area contributed by atoms with E-state index in [4.69, 9.17) is 4.74 Å². The molecule has 0 spiro atoms. The van der Waals surface area contributed by atoms with Crippen molar-refractivity contribution in [2.24, 2.45) is 5.92 Å². The number of hydrogen-bond donors (Lipinski definition) is 1. The van der Waals surface area contributed by atoms with Crippen molar-refractivity contribution in [3.8, 4) is 0 Å². The SMILES string of the molecule is CCNC(c1ccc2nc(C)ccc2c1)C(OC)C(C)C. The van der Waals surface area contributed by atoms with Crippen LogP contribution in [0.4, 0.5) is 0 Å². The van der Waals surface area contributed by atoms with Crippen molar-refractivity contribution >= 4 is 10.9 Å². The lowest BCUT2D eigenvalue weighted by Crippen LogP contribution is -2.36. The van der Waals surface area contributed by atoms with Crippen molar-refractivity contribution in [1.29, 1.82) is 0 Å². The normalized spacial score (nSPS) is 14.6. The quantitative estimate of drug-likeness (QED) is 0.875. The molecule has 0 bridgehead atoms. The van der Waals surface area contributed by atoms with Crippen LogP contribution in [-0.2, 0) is 4.74 Å². The number of fused-ring (bicyclic) bond motifs is 1. The minimum atomic E-state index is 0.154. The minimum Gasteiger partial charge on any atom is -0.379 e. The molecule has 3 nitrogen and oxygen atoms in total. The molecule has 1 aromatic heterocycles. The van der Waals surface area contributed by atoms with Crippen molar-refractivity contribution < 1.29 is 4.74 Å². The summed E-state index contributed by atoms with van der Waals surface area (Å²) in [5, 5.41) is 4.74. The molecule has 0 saturated heterocycles. The Morgan fingerprint density at radius 3 is 2.57 bits per heavy atom. The highest BCUT2D eigenvalue weighted by Crippen LogP contribution is 2.27. The summed E-state index contributed by atoms with van der Waals surface area (Å²) in [5.41, 5.74) is 3.36. The van der Waals surface area contributed by atoms with Gasteiger partial charge < -0.3 is 10.1 Å². The van der Waals surface area contributed by atoms with Gasteiger partial charge in [-0.2, -0.15) is 0 Å². The van der Waals surface area contributed by atoms with Crippen LogP contribution >= 0.6 is 0 Å². The van der Waals surface area contributed by atoms with Crippen LogP contribution in [0.3, 0.4) is 0 Å². The van der Waals surface area contributed by atoms with Gasteiger partial charge in [-0.25, -0.2) is 0 Å². The molecule has 0 saturated carbocycles. The van der Waals surface area contributed by atoms with Crippen LogP contribution in [0.15, 0.2) is 30.3 Å². The Hall–Kier alpha value is -1.45. The summed E-state index contributed by atoms with van der Waals surface area (Å²) < 4.78 is 5.73. The first kappa shape index (κ1) is 15.9. The van der Waals surface area contributed by atoms with Crippen molar-refractivity contribution in [3.05, 3.63) is 41.6 Å². The van der Waals surface area contributed by atoms with E-state index in [2.05, 4.69) is 61.4 Å². The minimum absolute atomic E-state index is 0.154.